The van der Waals surface area contributed by atoms with Crippen LogP contribution < -0.4 is 0 Å². The number of rotatable bonds is 4. The Balaban J connectivity index is 2.70. The lowest BCUT2D eigenvalue weighted by Gasteiger charge is -2.21. The van der Waals surface area contributed by atoms with Gasteiger partial charge in [-0.15, -0.1) is 0 Å². The van der Waals surface area contributed by atoms with Crippen LogP contribution in [0, 0.1) is 0 Å². The molecular weight excluding hydrogens is 218 g/mol. The number of amides is 1. The van der Waals surface area contributed by atoms with Gasteiger partial charge < -0.3 is 10.0 Å². The summed E-state index contributed by atoms with van der Waals surface area (Å²) in [7, 11) is 1.76. The highest BCUT2D eigenvalue weighted by atomic mass is 16.4. The average molecular weight is 235 g/mol. The molecule has 0 bridgehead atoms. The van der Waals surface area contributed by atoms with Gasteiger partial charge in [0.05, 0.1) is 12.0 Å². The molecule has 1 aromatic carbocycles. The van der Waals surface area contributed by atoms with Crippen LogP contribution in [0.1, 0.15) is 29.8 Å². The summed E-state index contributed by atoms with van der Waals surface area (Å²) < 4.78 is 0. The molecule has 0 radical (unpaired) electrons. The normalized spacial score (nSPS) is 10.4. The van der Waals surface area contributed by atoms with E-state index in [1.54, 1.807) is 24.1 Å². The van der Waals surface area contributed by atoms with Crippen molar-refractivity contribution in [3.05, 3.63) is 35.4 Å². The number of hydrogen-bond acceptors (Lipinski definition) is 2. The molecule has 0 spiro atoms. The minimum atomic E-state index is -0.956. The molecule has 0 unspecified atom stereocenters. The molecule has 0 aliphatic carbocycles. The second kappa shape index (κ2) is 5.48. The predicted molar refractivity (Wildman–Crippen MR) is 65.0 cm³/mol. The van der Waals surface area contributed by atoms with Crippen LogP contribution in [0.3, 0.4) is 0 Å². The van der Waals surface area contributed by atoms with Crippen LogP contribution in [-0.4, -0.2) is 35.0 Å². The highest BCUT2D eigenvalue weighted by Crippen LogP contribution is 2.07. The zero-order valence-corrected chi connectivity index (χ0v) is 10.3. The smallest absolute Gasteiger partial charge is 0.335 e. The number of likely N-dealkylation sites (N-methyl/N-ethyl adjacent to an activating group) is 1. The van der Waals surface area contributed by atoms with Crippen molar-refractivity contribution >= 4 is 11.9 Å². The van der Waals surface area contributed by atoms with Crippen LogP contribution in [0.4, 0.5) is 0 Å². The van der Waals surface area contributed by atoms with E-state index >= 15 is 0 Å². The lowest BCUT2D eigenvalue weighted by atomic mass is 10.1. The minimum absolute atomic E-state index is 0.0306. The van der Waals surface area contributed by atoms with Crippen molar-refractivity contribution in [1.82, 2.24) is 4.90 Å². The Morgan fingerprint density at radius 2 is 1.76 bits per heavy atom. The largest absolute Gasteiger partial charge is 0.478 e. The van der Waals surface area contributed by atoms with Gasteiger partial charge in [0.25, 0.3) is 0 Å². The highest BCUT2D eigenvalue weighted by molar-refractivity contribution is 5.87. The number of carboxylic acids is 1. The molecule has 0 aliphatic heterocycles. The Labute approximate surface area is 101 Å². The van der Waals surface area contributed by atoms with Crippen LogP contribution >= 0.6 is 0 Å². The maximum absolute atomic E-state index is 11.8. The topological polar surface area (TPSA) is 57.6 Å². The van der Waals surface area contributed by atoms with Crippen molar-refractivity contribution in [2.24, 2.45) is 0 Å². The zero-order chi connectivity index (χ0) is 13.0. The summed E-state index contributed by atoms with van der Waals surface area (Å²) in [5, 5.41) is 8.74. The highest BCUT2D eigenvalue weighted by Gasteiger charge is 2.12. The lowest BCUT2D eigenvalue weighted by Crippen LogP contribution is -2.34. The molecule has 4 nitrogen and oxygen atoms in total. The number of carbonyl (C=O) groups is 2. The van der Waals surface area contributed by atoms with E-state index in [9.17, 15) is 9.59 Å². The van der Waals surface area contributed by atoms with Crippen LogP contribution in [0.5, 0.6) is 0 Å². The minimum Gasteiger partial charge on any atom is -0.478 e. The van der Waals surface area contributed by atoms with Crippen molar-refractivity contribution in [1.29, 1.82) is 0 Å². The van der Waals surface area contributed by atoms with Crippen molar-refractivity contribution in [2.45, 2.75) is 26.3 Å². The molecule has 92 valence electrons. The van der Waals surface area contributed by atoms with Gasteiger partial charge in [0, 0.05) is 13.1 Å². The van der Waals surface area contributed by atoms with Crippen molar-refractivity contribution in [3.8, 4) is 0 Å². The molecular formula is C13H17NO3. The molecule has 0 atom stereocenters. The van der Waals surface area contributed by atoms with Gasteiger partial charge in [0.1, 0.15) is 0 Å². The first-order chi connectivity index (χ1) is 7.91. The molecule has 0 saturated heterocycles. The van der Waals surface area contributed by atoms with E-state index in [0.29, 0.717) is 6.42 Å². The lowest BCUT2D eigenvalue weighted by molar-refractivity contribution is -0.130. The van der Waals surface area contributed by atoms with E-state index in [1.807, 2.05) is 13.8 Å². The molecule has 0 fully saturated rings. The number of hydrogen-bond donors (Lipinski definition) is 1. The van der Waals surface area contributed by atoms with Gasteiger partial charge >= 0.3 is 5.97 Å². The number of aromatic carboxylic acids is 1. The van der Waals surface area contributed by atoms with Crippen LogP contribution in [0.2, 0.25) is 0 Å². The number of carboxylic acid groups (broad SMARTS) is 1. The molecule has 17 heavy (non-hydrogen) atoms. The van der Waals surface area contributed by atoms with Crippen LogP contribution in [-0.2, 0) is 11.2 Å². The summed E-state index contributed by atoms with van der Waals surface area (Å²) in [6, 6.07) is 6.55. The molecule has 0 heterocycles. The molecule has 4 heteroatoms. The third-order valence-corrected chi connectivity index (χ3v) is 2.72. The maximum atomic E-state index is 11.8. The summed E-state index contributed by atoms with van der Waals surface area (Å²) in [5.74, 6) is -0.926. The van der Waals surface area contributed by atoms with Gasteiger partial charge in [0.2, 0.25) is 5.91 Å². The van der Waals surface area contributed by atoms with E-state index in [1.165, 1.54) is 12.1 Å². The summed E-state index contributed by atoms with van der Waals surface area (Å²) in [4.78, 5) is 24.1. The molecule has 1 aromatic rings. The third kappa shape index (κ3) is 3.59. The van der Waals surface area contributed by atoms with E-state index in [0.717, 1.165) is 5.56 Å². The van der Waals surface area contributed by atoms with Gasteiger partial charge in [-0.2, -0.15) is 0 Å². The molecule has 0 saturated carbocycles. The van der Waals surface area contributed by atoms with E-state index < -0.39 is 5.97 Å². The Kier molecular flexibility index (Phi) is 4.26. The van der Waals surface area contributed by atoms with E-state index in [2.05, 4.69) is 0 Å². The SMILES string of the molecule is CC(C)N(C)C(=O)Cc1ccc(C(=O)O)cc1. The Hall–Kier alpha value is -1.84. The Morgan fingerprint density at radius 1 is 1.24 bits per heavy atom. The van der Waals surface area contributed by atoms with Gasteiger partial charge in [-0.3, -0.25) is 4.79 Å². The predicted octanol–water partition coefficient (Wildman–Crippen LogP) is 1.79. The first-order valence-corrected chi connectivity index (χ1v) is 5.49. The van der Waals surface area contributed by atoms with Gasteiger partial charge in [0.15, 0.2) is 0 Å². The molecule has 1 N–H and O–H groups in total. The number of nitrogens with zero attached hydrogens (tertiary/aromatic N) is 1. The van der Waals surface area contributed by atoms with Gasteiger partial charge in [-0.05, 0) is 31.5 Å². The number of benzene rings is 1. The van der Waals surface area contributed by atoms with Crippen LogP contribution in [0.15, 0.2) is 24.3 Å². The first-order valence-electron chi connectivity index (χ1n) is 5.49. The monoisotopic (exact) mass is 235 g/mol. The standard InChI is InChI=1S/C13H17NO3/c1-9(2)14(3)12(15)8-10-4-6-11(7-5-10)13(16)17/h4-7,9H,8H2,1-3H3,(H,16,17). The van der Waals surface area contributed by atoms with E-state index in [-0.39, 0.29) is 17.5 Å². The number of carbonyl (C=O) groups excluding carboxylic acids is 1. The molecule has 0 aliphatic rings. The summed E-state index contributed by atoms with van der Waals surface area (Å²) in [6.07, 6.45) is 0.300. The molecule has 1 amide bonds. The Bertz CT molecular complexity index is 409. The van der Waals surface area contributed by atoms with Crippen molar-refractivity contribution in [2.75, 3.05) is 7.05 Å². The maximum Gasteiger partial charge on any atom is 0.335 e. The fourth-order valence-electron chi connectivity index (χ4n) is 1.35. The fraction of sp³-hybridized carbons (Fsp3) is 0.385. The molecule has 0 aromatic heterocycles. The average Bonchev–Trinajstić information content (AvgIpc) is 2.28. The first kappa shape index (κ1) is 13.2. The van der Waals surface area contributed by atoms with Crippen molar-refractivity contribution < 1.29 is 14.7 Å². The van der Waals surface area contributed by atoms with Gasteiger partial charge in [-0.25, -0.2) is 4.79 Å². The van der Waals surface area contributed by atoms with Crippen molar-refractivity contribution in [3.63, 3.8) is 0 Å². The molecule has 1 rings (SSSR count). The summed E-state index contributed by atoms with van der Waals surface area (Å²) in [6.45, 7) is 3.90. The second-order valence-corrected chi connectivity index (χ2v) is 4.28. The summed E-state index contributed by atoms with van der Waals surface area (Å²) in [5.41, 5.74) is 1.06. The summed E-state index contributed by atoms with van der Waals surface area (Å²) >= 11 is 0. The zero-order valence-electron chi connectivity index (χ0n) is 10.3. The van der Waals surface area contributed by atoms with Gasteiger partial charge in [-0.1, -0.05) is 12.1 Å². The third-order valence-electron chi connectivity index (χ3n) is 2.72. The van der Waals surface area contributed by atoms with E-state index in [4.69, 9.17) is 5.11 Å². The Morgan fingerprint density at radius 3 is 2.18 bits per heavy atom. The quantitative estimate of drug-likeness (QED) is 0.865. The second-order valence-electron chi connectivity index (χ2n) is 4.28. The fourth-order valence-corrected chi connectivity index (χ4v) is 1.35. The van der Waals surface area contributed by atoms with Crippen LogP contribution in [0.25, 0.3) is 0 Å².